The van der Waals surface area contributed by atoms with Crippen LogP contribution in [0, 0.1) is 5.92 Å². The van der Waals surface area contributed by atoms with Gasteiger partial charge in [0.25, 0.3) is 0 Å². The first-order chi connectivity index (χ1) is 15.7. The zero-order valence-corrected chi connectivity index (χ0v) is 20.1. The van der Waals surface area contributed by atoms with E-state index in [0.717, 1.165) is 36.1 Å². The SMILES string of the molecule is CC(=O)N1CCc2cc(S(=O)(=O)N[C@@H](C(=O)N[C@H]3CCCc4ccccc43)C(C)C)ccc21. The molecule has 1 heterocycles. The Morgan fingerprint density at radius 1 is 1.06 bits per heavy atom. The fourth-order valence-corrected chi connectivity index (χ4v) is 6.16. The molecule has 2 N–H and O–H groups in total. The third-order valence-corrected chi connectivity index (χ3v) is 7.99. The van der Waals surface area contributed by atoms with Crippen molar-refractivity contribution in [1.29, 1.82) is 0 Å². The Morgan fingerprint density at radius 3 is 2.55 bits per heavy atom. The van der Waals surface area contributed by atoms with Gasteiger partial charge in [-0.05, 0) is 66.5 Å². The maximum Gasteiger partial charge on any atom is 0.241 e. The molecule has 0 unspecified atom stereocenters. The third-order valence-electron chi connectivity index (χ3n) is 6.55. The van der Waals surface area contributed by atoms with Gasteiger partial charge in [-0.1, -0.05) is 38.1 Å². The van der Waals surface area contributed by atoms with Gasteiger partial charge in [-0.15, -0.1) is 0 Å². The molecule has 1 aliphatic carbocycles. The summed E-state index contributed by atoms with van der Waals surface area (Å²) in [6.45, 7) is 5.70. The second kappa shape index (κ2) is 9.27. The first-order valence-electron chi connectivity index (χ1n) is 11.5. The normalized spacial score (nSPS) is 18.5. The van der Waals surface area contributed by atoms with Crippen LogP contribution in [0.1, 0.15) is 56.3 Å². The lowest BCUT2D eigenvalue weighted by Gasteiger charge is -2.29. The smallest absolute Gasteiger partial charge is 0.241 e. The van der Waals surface area contributed by atoms with Crippen LogP contribution in [0.25, 0.3) is 0 Å². The van der Waals surface area contributed by atoms with E-state index in [0.29, 0.717) is 13.0 Å². The number of aryl methyl sites for hydroxylation is 1. The molecule has 0 spiro atoms. The number of nitrogens with one attached hydrogen (secondary N) is 2. The molecular weight excluding hydrogens is 438 g/mol. The van der Waals surface area contributed by atoms with Gasteiger partial charge >= 0.3 is 0 Å². The Kier molecular flexibility index (Phi) is 6.59. The zero-order chi connectivity index (χ0) is 23.8. The van der Waals surface area contributed by atoms with Gasteiger partial charge in [-0.3, -0.25) is 9.59 Å². The predicted molar refractivity (Wildman–Crippen MR) is 127 cm³/mol. The number of carbonyl (C=O) groups is 2. The number of rotatable bonds is 6. The van der Waals surface area contributed by atoms with Crippen LogP contribution in [0.4, 0.5) is 5.69 Å². The highest BCUT2D eigenvalue weighted by atomic mass is 32.2. The molecule has 1 aliphatic heterocycles. The highest BCUT2D eigenvalue weighted by molar-refractivity contribution is 7.89. The van der Waals surface area contributed by atoms with Gasteiger partial charge in [-0.25, -0.2) is 8.42 Å². The van der Waals surface area contributed by atoms with Crippen LogP contribution >= 0.6 is 0 Å². The molecule has 2 atom stereocenters. The summed E-state index contributed by atoms with van der Waals surface area (Å²) < 4.78 is 29.0. The third kappa shape index (κ3) is 4.82. The molecule has 4 rings (SSSR count). The minimum absolute atomic E-state index is 0.0664. The van der Waals surface area contributed by atoms with E-state index in [9.17, 15) is 18.0 Å². The number of nitrogens with zero attached hydrogens (tertiary/aromatic N) is 1. The molecule has 8 heteroatoms. The van der Waals surface area contributed by atoms with Gasteiger partial charge in [0, 0.05) is 19.2 Å². The summed E-state index contributed by atoms with van der Waals surface area (Å²) >= 11 is 0. The van der Waals surface area contributed by atoms with E-state index in [1.54, 1.807) is 17.0 Å². The topological polar surface area (TPSA) is 95.6 Å². The molecule has 2 aromatic carbocycles. The summed E-state index contributed by atoms with van der Waals surface area (Å²) in [7, 11) is -3.92. The average molecular weight is 470 g/mol. The minimum atomic E-state index is -3.92. The molecule has 33 heavy (non-hydrogen) atoms. The Morgan fingerprint density at radius 2 is 1.82 bits per heavy atom. The molecule has 0 saturated carbocycles. The summed E-state index contributed by atoms with van der Waals surface area (Å²) in [4.78, 5) is 26.7. The van der Waals surface area contributed by atoms with Crippen molar-refractivity contribution in [2.45, 2.75) is 63.4 Å². The number of carbonyl (C=O) groups excluding carboxylic acids is 2. The van der Waals surface area contributed by atoms with Crippen LogP contribution in [-0.2, 0) is 32.5 Å². The van der Waals surface area contributed by atoms with Crippen LogP contribution < -0.4 is 14.9 Å². The Bertz CT molecular complexity index is 1180. The molecule has 0 radical (unpaired) electrons. The number of sulfonamides is 1. The largest absolute Gasteiger partial charge is 0.348 e. The van der Waals surface area contributed by atoms with Crippen molar-refractivity contribution in [2.75, 3.05) is 11.4 Å². The van der Waals surface area contributed by atoms with Gasteiger partial charge in [0.15, 0.2) is 0 Å². The second-order valence-corrected chi connectivity index (χ2v) is 10.9. The quantitative estimate of drug-likeness (QED) is 0.680. The standard InChI is InChI=1S/C25H31N3O4S/c1-16(2)24(25(30)26-22-10-6-8-18-7-4-5-9-21(18)22)27-33(31,32)20-11-12-23-19(15-20)13-14-28(23)17(3)29/h4-5,7,9,11-12,15-16,22,24,27H,6,8,10,13-14H2,1-3H3,(H,26,30)/t22-,24+/m0/s1. The molecule has 0 bridgehead atoms. The van der Waals surface area contributed by atoms with E-state index in [1.807, 2.05) is 32.0 Å². The first kappa shape index (κ1) is 23.4. The zero-order valence-electron chi connectivity index (χ0n) is 19.3. The molecule has 0 saturated heterocycles. The lowest BCUT2D eigenvalue weighted by molar-refractivity contribution is -0.124. The van der Waals surface area contributed by atoms with Gasteiger partial charge < -0.3 is 10.2 Å². The van der Waals surface area contributed by atoms with Gasteiger partial charge in [0.1, 0.15) is 6.04 Å². The van der Waals surface area contributed by atoms with Crippen molar-refractivity contribution in [2.24, 2.45) is 5.92 Å². The van der Waals surface area contributed by atoms with Gasteiger partial charge in [0.05, 0.1) is 10.9 Å². The van der Waals surface area contributed by atoms with Crippen LogP contribution in [-0.4, -0.2) is 32.8 Å². The van der Waals surface area contributed by atoms with Gasteiger partial charge in [0.2, 0.25) is 21.8 Å². The van der Waals surface area contributed by atoms with Crippen molar-refractivity contribution in [3.8, 4) is 0 Å². The van der Waals surface area contributed by atoms with E-state index in [1.165, 1.54) is 18.6 Å². The van der Waals surface area contributed by atoms with E-state index >= 15 is 0 Å². The summed E-state index contributed by atoms with van der Waals surface area (Å²) in [6.07, 6.45) is 3.40. The number of amides is 2. The predicted octanol–water partition coefficient (Wildman–Crippen LogP) is 3.09. The number of benzene rings is 2. The second-order valence-electron chi connectivity index (χ2n) is 9.21. The highest BCUT2D eigenvalue weighted by Crippen LogP contribution is 2.31. The Labute approximate surface area is 195 Å². The number of hydrogen-bond acceptors (Lipinski definition) is 4. The minimum Gasteiger partial charge on any atom is -0.348 e. The molecular formula is C25H31N3O4S. The summed E-state index contributed by atoms with van der Waals surface area (Å²) in [6, 6.07) is 11.8. The van der Waals surface area contributed by atoms with Crippen LogP contribution in [0.3, 0.4) is 0 Å². The van der Waals surface area contributed by atoms with Crippen molar-refractivity contribution in [3.05, 3.63) is 59.2 Å². The number of anilines is 1. The van der Waals surface area contributed by atoms with Crippen LogP contribution in [0.2, 0.25) is 0 Å². The van der Waals surface area contributed by atoms with Crippen molar-refractivity contribution in [1.82, 2.24) is 10.0 Å². The molecule has 2 amide bonds. The number of fused-ring (bicyclic) bond motifs is 2. The maximum atomic E-state index is 13.2. The molecule has 2 aliphatic rings. The van der Waals surface area contributed by atoms with E-state index in [-0.39, 0.29) is 28.7 Å². The monoisotopic (exact) mass is 469 g/mol. The lowest BCUT2D eigenvalue weighted by atomic mass is 9.87. The molecule has 0 aromatic heterocycles. The average Bonchev–Trinajstić information content (AvgIpc) is 3.21. The number of hydrogen-bond donors (Lipinski definition) is 2. The Hall–Kier alpha value is -2.71. The molecule has 176 valence electrons. The van der Waals surface area contributed by atoms with Gasteiger partial charge in [-0.2, -0.15) is 4.72 Å². The fourth-order valence-electron chi connectivity index (χ4n) is 4.77. The fraction of sp³-hybridized carbons (Fsp3) is 0.440. The summed E-state index contributed by atoms with van der Waals surface area (Å²) in [5.41, 5.74) is 3.90. The summed E-state index contributed by atoms with van der Waals surface area (Å²) in [5, 5.41) is 3.08. The van der Waals surface area contributed by atoms with Crippen molar-refractivity contribution in [3.63, 3.8) is 0 Å². The van der Waals surface area contributed by atoms with Crippen molar-refractivity contribution >= 4 is 27.5 Å². The van der Waals surface area contributed by atoms with E-state index in [4.69, 9.17) is 0 Å². The van der Waals surface area contributed by atoms with E-state index < -0.39 is 16.1 Å². The first-order valence-corrected chi connectivity index (χ1v) is 13.0. The molecule has 7 nitrogen and oxygen atoms in total. The van der Waals surface area contributed by atoms with Crippen LogP contribution in [0.5, 0.6) is 0 Å². The lowest BCUT2D eigenvalue weighted by Crippen LogP contribution is -2.50. The maximum absolute atomic E-state index is 13.2. The Balaban J connectivity index is 1.52. The molecule has 0 fully saturated rings. The van der Waals surface area contributed by atoms with Crippen LogP contribution in [0.15, 0.2) is 47.4 Å². The molecule has 2 aromatic rings. The van der Waals surface area contributed by atoms with E-state index in [2.05, 4.69) is 16.1 Å². The van der Waals surface area contributed by atoms with Crippen molar-refractivity contribution < 1.29 is 18.0 Å². The summed E-state index contributed by atoms with van der Waals surface area (Å²) in [5.74, 6) is -0.622. The highest BCUT2D eigenvalue weighted by Gasteiger charge is 2.32.